The first-order chi connectivity index (χ1) is 14.0. The number of benzene rings is 2. The van der Waals surface area contributed by atoms with Gasteiger partial charge in [-0.1, -0.05) is 67.1 Å². The molecule has 3 aromatic rings. The highest BCUT2D eigenvalue weighted by Crippen LogP contribution is 2.26. The van der Waals surface area contributed by atoms with Crippen molar-refractivity contribution in [1.82, 2.24) is 10.3 Å². The fraction of sp³-hybridized carbons (Fsp3) is 0.174. The minimum Gasteiger partial charge on any atom is -0.480 e. The topological polar surface area (TPSA) is 79.3 Å². The standard InChI is InChI=1S/C23H21ClN2O3/c1-15(16-7-3-2-4-8-16)13-21(23(28)29)26-22(27)17-11-12-20(25-14-17)18-9-5-6-10-19(18)24/h2-12,14-15,21H,13H2,1H3,(H,26,27)(H,28,29)/t15-,21?/m0/s1. The zero-order chi connectivity index (χ0) is 20.8. The Labute approximate surface area is 174 Å². The Morgan fingerprint density at radius 2 is 1.72 bits per heavy atom. The van der Waals surface area contributed by atoms with E-state index in [2.05, 4.69) is 10.3 Å². The minimum atomic E-state index is -1.07. The zero-order valence-electron chi connectivity index (χ0n) is 15.9. The molecule has 2 N–H and O–H groups in total. The normalized spacial score (nSPS) is 12.8. The Morgan fingerprint density at radius 3 is 2.34 bits per heavy atom. The molecule has 148 valence electrons. The van der Waals surface area contributed by atoms with E-state index in [4.69, 9.17) is 11.6 Å². The van der Waals surface area contributed by atoms with Crippen LogP contribution in [-0.4, -0.2) is 28.0 Å². The van der Waals surface area contributed by atoms with E-state index in [1.165, 1.54) is 6.20 Å². The predicted octanol–water partition coefficient (Wildman–Crippen LogP) is 4.78. The quantitative estimate of drug-likeness (QED) is 0.589. The van der Waals surface area contributed by atoms with Crippen LogP contribution in [-0.2, 0) is 4.79 Å². The lowest BCUT2D eigenvalue weighted by Crippen LogP contribution is -2.41. The monoisotopic (exact) mass is 408 g/mol. The third-order valence-corrected chi connectivity index (χ3v) is 5.07. The number of carboxylic acid groups (broad SMARTS) is 1. The van der Waals surface area contributed by atoms with E-state index in [1.807, 2.05) is 55.5 Å². The molecule has 0 aliphatic carbocycles. The molecular formula is C23H21ClN2O3. The molecule has 6 heteroatoms. The number of hydrogen-bond acceptors (Lipinski definition) is 3. The summed E-state index contributed by atoms with van der Waals surface area (Å²) in [6, 6.07) is 19.2. The average molecular weight is 409 g/mol. The van der Waals surface area contributed by atoms with Gasteiger partial charge in [0.25, 0.3) is 5.91 Å². The van der Waals surface area contributed by atoms with E-state index in [-0.39, 0.29) is 12.3 Å². The highest BCUT2D eigenvalue weighted by molar-refractivity contribution is 6.33. The molecule has 1 amide bonds. The lowest BCUT2D eigenvalue weighted by atomic mass is 9.94. The van der Waals surface area contributed by atoms with Crippen LogP contribution in [0.3, 0.4) is 0 Å². The SMILES string of the molecule is C[C@@H](CC(NC(=O)c1ccc(-c2ccccc2Cl)nc1)C(=O)O)c1ccccc1. The van der Waals surface area contributed by atoms with Crippen LogP contribution in [0.2, 0.25) is 5.02 Å². The number of aliphatic carboxylic acids is 1. The molecule has 1 aromatic heterocycles. The third kappa shape index (κ3) is 5.21. The number of pyridine rings is 1. The minimum absolute atomic E-state index is 0.0154. The summed E-state index contributed by atoms with van der Waals surface area (Å²) in [4.78, 5) is 28.5. The van der Waals surface area contributed by atoms with Crippen molar-refractivity contribution in [2.45, 2.75) is 25.3 Å². The summed E-state index contributed by atoms with van der Waals surface area (Å²) in [5, 5.41) is 12.7. The summed E-state index contributed by atoms with van der Waals surface area (Å²) in [5.74, 6) is -1.56. The number of halogens is 1. The molecule has 0 spiro atoms. The van der Waals surface area contributed by atoms with Gasteiger partial charge in [0.1, 0.15) is 6.04 Å². The van der Waals surface area contributed by atoms with Gasteiger partial charge in [-0.2, -0.15) is 0 Å². The fourth-order valence-corrected chi connectivity index (χ4v) is 3.32. The summed E-state index contributed by atoms with van der Waals surface area (Å²) in [7, 11) is 0. The molecule has 3 rings (SSSR count). The molecule has 0 aliphatic rings. The fourth-order valence-electron chi connectivity index (χ4n) is 3.09. The van der Waals surface area contributed by atoms with Crippen molar-refractivity contribution in [2.75, 3.05) is 0 Å². The van der Waals surface area contributed by atoms with E-state index < -0.39 is 17.9 Å². The number of amides is 1. The molecule has 2 atom stereocenters. The number of rotatable bonds is 7. The van der Waals surface area contributed by atoms with Crippen LogP contribution in [0, 0.1) is 0 Å². The molecule has 2 aromatic carbocycles. The molecule has 0 saturated carbocycles. The first-order valence-electron chi connectivity index (χ1n) is 9.25. The van der Waals surface area contributed by atoms with Gasteiger partial charge < -0.3 is 10.4 Å². The van der Waals surface area contributed by atoms with Crippen molar-refractivity contribution < 1.29 is 14.7 Å². The van der Waals surface area contributed by atoms with Crippen LogP contribution >= 0.6 is 11.6 Å². The first kappa shape index (κ1) is 20.6. The van der Waals surface area contributed by atoms with Crippen molar-refractivity contribution in [1.29, 1.82) is 0 Å². The average Bonchev–Trinajstić information content (AvgIpc) is 2.74. The van der Waals surface area contributed by atoms with Crippen molar-refractivity contribution in [3.05, 3.63) is 89.1 Å². The summed E-state index contributed by atoms with van der Waals surface area (Å²) < 4.78 is 0. The summed E-state index contributed by atoms with van der Waals surface area (Å²) >= 11 is 6.18. The van der Waals surface area contributed by atoms with Crippen LogP contribution in [0.25, 0.3) is 11.3 Å². The van der Waals surface area contributed by atoms with Crippen LogP contribution in [0.4, 0.5) is 0 Å². The molecule has 5 nitrogen and oxygen atoms in total. The Balaban J connectivity index is 1.70. The van der Waals surface area contributed by atoms with Crippen molar-refractivity contribution in [3.8, 4) is 11.3 Å². The third-order valence-electron chi connectivity index (χ3n) is 4.74. The van der Waals surface area contributed by atoms with Gasteiger partial charge in [-0.3, -0.25) is 9.78 Å². The molecule has 0 fully saturated rings. The molecular weight excluding hydrogens is 388 g/mol. The van der Waals surface area contributed by atoms with Crippen LogP contribution in [0.5, 0.6) is 0 Å². The summed E-state index contributed by atoms with van der Waals surface area (Å²) in [5.41, 5.74) is 2.72. The number of aromatic nitrogens is 1. The maximum Gasteiger partial charge on any atom is 0.326 e. The van der Waals surface area contributed by atoms with Crippen molar-refractivity contribution >= 4 is 23.5 Å². The molecule has 0 aliphatic heterocycles. The lowest BCUT2D eigenvalue weighted by Gasteiger charge is -2.19. The largest absolute Gasteiger partial charge is 0.480 e. The van der Waals surface area contributed by atoms with Crippen LogP contribution in [0.1, 0.15) is 35.2 Å². The number of nitrogens with one attached hydrogen (secondary N) is 1. The highest BCUT2D eigenvalue weighted by atomic mass is 35.5. The second kappa shape index (κ2) is 9.34. The number of hydrogen-bond donors (Lipinski definition) is 2. The van der Waals surface area contributed by atoms with Crippen molar-refractivity contribution in [2.24, 2.45) is 0 Å². The zero-order valence-corrected chi connectivity index (χ0v) is 16.6. The summed E-state index contributed by atoms with van der Waals surface area (Å²) in [6.45, 7) is 1.94. The Bertz CT molecular complexity index is 991. The predicted molar refractivity (Wildman–Crippen MR) is 113 cm³/mol. The van der Waals surface area contributed by atoms with Gasteiger partial charge in [-0.15, -0.1) is 0 Å². The lowest BCUT2D eigenvalue weighted by molar-refractivity contribution is -0.139. The summed E-state index contributed by atoms with van der Waals surface area (Å²) in [6.07, 6.45) is 1.71. The molecule has 0 radical (unpaired) electrons. The number of nitrogens with zero attached hydrogens (tertiary/aromatic N) is 1. The number of carboxylic acids is 1. The number of carbonyl (C=O) groups excluding carboxylic acids is 1. The maximum absolute atomic E-state index is 12.6. The molecule has 0 bridgehead atoms. The molecule has 1 unspecified atom stereocenters. The Kier molecular flexibility index (Phi) is 6.62. The van der Waals surface area contributed by atoms with Crippen LogP contribution < -0.4 is 5.32 Å². The number of carbonyl (C=O) groups is 2. The van der Waals surface area contributed by atoms with Gasteiger partial charge in [0.15, 0.2) is 0 Å². The van der Waals surface area contributed by atoms with E-state index >= 15 is 0 Å². The Hall–Kier alpha value is -3.18. The Morgan fingerprint density at radius 1 is 1.03 bits per heavy atom. The molecule has 1 heterocycles. The van der Waals surface area contributed by atoms with Crippen LogP contribution in [0.15, 0.2) is 72.9 Å². The van der Waals surface area contributed by atoms with Gasteiger partial charge in [0.05, 0.1) is 11.3 Å². The second-order valence-electron chi connectivity index (χ2n) is 6.82. The maximum atomic E-state index is 12.6. The first-order valence-corrected chi connectivity index (χ1v) is 9.63. The van der Waals surface area contributed by atoms with Gasteiger partial charge >= 0.3 is 5.97 Å². The molecule has 29 heavy (non-hydrogen) atoms. The van der Waals surface area contributed by atoms with Gasteiger partial charge in [0.2, 0.25) is 0 Å². The second-order valence-corrected chi connectivity index (χ2v) is 7.23. The van der Waals surface area contributed by atoms with E-state index in [0.717, 1.165) is 11.1 Å². The van der Waals surface area contributed by atoms with E-state index in [9.17, 15) is 14.7 Å². The van der Waals surface area contributed by atoms with E-state index in [0.29, 0.717) is 16.3 Å². The van der Waals surface area contributed by atoms with E-state index in [1.54, 1.807) is 18.2 Å². The highest BCUT2D eigenvalue weighted by Gasteiger charge is 2.24. The smallest absolute Gasteiger partial charge is 0.326 e. The van der Waals surface area contributed by atoms with Gasteiger partial charge in [-0.05, 0) is 36.1 Å². The van der Waals surface area contributed by atoms with Gasteiger partial charge in [-0.25, -0.2) is 4.79 Å². The molecule has 0 saturated heterocycles. The van der Waals surface area contributed by atoms with Crippen molar-refractivity contribution in [3.63, 3.8) is 0 Å². The van der Waals surface area contributed by atoms with Gasteiger partial charge in [0, 0.05) is 16.8 Å².